The van der Waals surface area contributed by atoms with E-state index in [9.17, 15) is 0 Å². The highest BCUT2D eigenvalue weighted by molar-refractivity contribution is 6.33. The Labute approximate surface area is 130 Å². The zero-order chi connectivity index (χ0) is 14.7. The van der Waals surface area contributed by atoms with E-state index < -0.39 is 0 Å². The zero-order valence-corrected chi connectivity index (χ0v) is 13.5. The molecular formula is C17H19Cl2N. The molecule has 20 heavy (non-hydrogen) atoms. The van der Waals surface area contributed by atoms with Gasteiger partial charge in [-0.1, -0.05) is 48.3 Å². The summed E-state index contributed by atoms with van der Waals surface area (Å²) in [6.07, 6.45) is 0. The van der Waals surface area contributed by atoms with Crippen LogP contribution in [0.5, 0.6) is 0 Å². The Balaban J connectivity index is 2.59. The molecule has 0 amide bonds. The van der Waals surface area contributed by atoms with E-state index in [1.165, 1.54) is 16.7 Å². The van der Waals surface area contributed by atoms with Gasteiger partial charge in [-0.3, -0.25) is 0 Å². The normalized spacial score (nSPS) is 12.4. The van der Waals surface area contributed by atoms with E-state index in [0.717, 1.165) is 17.1 Å². The number of nitrogens with one attached hydrogen (secondary N) is 1. The summed E-state index contributed by atoms with van der Waals surface area (Å²) in [5.74, 6) is 0. The van der Waals surface area contributed by atoms with Gasteiger partial charge in [-0.15, -0.1) is 0 Å². The fourth-order valence-corrected chi connectivity index (χ4v) is 3.00. The van der Waals surface area contributed by atoms with Crippen molar-refractivity contribution in [3.63, 3.8) is 0 Å². The molecule has 0 aliphatic carbocycles. The van der Waals surface area contributed by atoms with Crippen LogP contribution in [0.1, 0.15) is 35.2 Å². The van der Waals surface area contributed by atoms with Gasteiger partial charge in [-0.05, 0) is 60.8 Å². The van der Waals surface area contributed by atoms with Crippen LogP contribution in [0.2, 0.25) is 10.0 Å². The van der Waals surface area contributed by atoms with E-state index in [1.54, 1.807) is 0 Å². The minimum Gasteiger partial charge on any atom is -0.306 e. The van der Waals surface area contributed by atoms with Crippen LogP contribution >= 0.6 is 23.2 Å². The minimum absolute atomic E-state index is 0.0624. The molecule has 0 aromatic heterocycles. The van der Waals surface area contributed by atoms with Crippen LogP contribution in [-0.4, -0.2) is 6.54 Å². The summed E-state index contributed by atoms with van der Waals surface area (Å²) in [5.41, 5.74) is 4.82. The molecule has 0 saturated carbocycles. The van der Waals surface area contributed by atoms with Crippen molar-refractivity contribution < 1.29 is 0 Å². The van der Waals surface area contributed by atoms with Crippen LogP contribution < -0.4 is 5.32 Å². The third kappa shape index (κ3) is 3.17. The van der Waals surface area contributed by atoms with Crippen molar-refractivity contribution in [2.24, 2.45) is 0 Å². The SMILES string of the molecule is CCNC(c1cc(Cl)ccc1Cl)c1c(C)cccc1C. The molecule has 2 aromatic rings. The Kier molecular flexibility index (Phi) is 5.09. The Morgan fingerprint density at radius 1 is 1.05 bits per heavy atom. The van der Waals surface area contributed by atoms with E-state index in [2.05, 4.69) is 44.3 Å². The van der Waals surface area contributed by atoms with Crippen molar-refractivity contribution in [2.75, 3.05) is 6.54 Å². The lowest BCUT2D eigenvalue weighted by Crippen LogP contribution is -2.24. The number of halogens is 2. The van der Waals surface area contributed by atoms with Gasteiger partial charge in [-0.25, -0.2) is 0 Å². The van der Waals surface area contributed by atoms with E-state index in [-0.39, 0.29) is 6.04 Å². The molecule has 1 unspecified atom stereocenters. The highest BCUT2D eigenvalue weighted by atomic mass is 35.5. The summed E-state index contributed by atoms with van der Waals surface area (Å²) in [6.45, 7) is 7.22. The molecule has 2 aromatic carbocycles. The van der Waals surface area contributed by atoms with Crippen molar-refractivity contribution in [3.8, 4) is 0 Å². The van der Waals surface area contributed by atoms with Gasteiger partial charge in [0.25, 0.3) is 0 Å². The van der Waals surface area contributed by atoms with Gasteiger partial charge in [-0.2, -0.15) is 0 Å². The molecule has 2 rings (SSSR count). The average molecular weight is 308 g/mol. The molecular weight excluding hydrogens is 289 g/mol. The Morgan fingerprint density at radius 3 is 2.30 bits per heavy atom. The fraction of sp³-hybridized carbons (Fsp3) is 0.294. The topological polar surface area (TPSA) is 12.0 Å². The second-order valence-corrected chi connectivity index (χ2v) is 5.81. The zero-order valence-electron chi connectivity index (χ0n) is 12.0. The van der Waals surface area contributed by atoms with Gasteiger partial charge >= 0.3 is 0 Å². The van der Waals surface area contributed by atoms with Crippen molar-refractivity contribution in [1.82, 2.24) is 5.32 Å². The number of aryl methyl sites for hydroxylation is 2. The van der Waals surface area contributed by atoms with Gasteiger partial charge in [0.2, 0.25) is 0 Å². The first-order chi connectivity index (χ1) is 9.54. The summed E-state index contributed by atoms with van der Waals surface area (Å²) in [4.78, 5) is 0. The lowest BCUT2D eigenvalue weighted by Gasteiger charge is -2.24. The Morgan fingerprint density at radius 2 is 1.70 bits per heavy atom. The van der Waals surface area contributed by atoms with Crippen LogP contribution in [0.3, 0.4) is 0 Å². The fourth-order valence-electron chi connectivity index (χ4n) is 2.59. The maximum Gasteiger partial charge on any atom is 0.0597 e. The predicted molar refractivity (Wildman–Crippen MR) is 87.9 cm³/mol. The summed E-state index contributed by atoms with van der Waals surface area (Å²) < 4.78 is 0. The lowest BCUT2D eigenvalue weighted by atomic mass is 9.91. The molecule has 0 heterocycles. The second kappa shape index (κ2) is 6.62. The van der Waals surface area contributed by atoms with E-state index >= 15 is 0 Å². The predicted octanol–water partition coefficient (Wildman–Crippen LogP) is 5.31. The van der Waals surface area contributed by atoms with Crippen LogP contribution in [0.25, 0.3) is 0 Å². The molecule has 0 aliphatic rings. The average Bonchev–Trinajstić information content (AvgIpc) is 2.40. The molecule has 0 radical (unpaired) electrons. The molecule has 1 N–H and O–H groups in total. The van der Waals surface area contributed by atoms with Gasteiger partial charge in [0.15, 0.2) is 0 Å². The highest BCUT2D eigenvalue weighted by Gasteiger charge is 2.19. The smallest absolute Gasteiger partial charge is 0.0597 e. The van der Waals surface area contributed by atoms with Crippen LogP contribution in [0, 0.1) is 13.8 Å². The maximum atomic E-state index is 6.38. The third-order valence-corrected chi connectivity index (χ3v) is 4.09. The first kappa shape index (κ1) is 15.4. The monoisotopic (exact) mass is 307 g/mol. The first-order valence-electron chi connectivity index (χ1n) is 6.79. The summed E-state index contributed by atoms with van der Waals surface area (Å²) in [6, 6.07) is 12.0. The van der Waals surface area contributed by atoms with Crippen LogP contribution in [-0.2, 0) is 0 Å². The molecule has 3 heteroatoms. The van der Waals surface area contributed by atoms with Crippen molar-refractivity contribution in [2.45, 2.75) is 26.8 Å². The standard InChI is InChI=1S/C17H19Cl2N/c1-4-20-17(14-10-13(18)8-9-15(14)19)16-11(2)6-5-7-12(16)3/h5-10,17,20H,4H2,1-3H3. The van der Waals surface area contributed by atoms with Crippen LogP contribution in [0.4, 0.5) is 0 Å². The highest BCUT2D eigenvalue weighted by Crippen LogP contribution is 2.33. The van der Waals surface area contributed by atoms with Gasteiger partial charge in [0.1, 0.15) is 0 Å². The number of hydrogen-bond donors (Lipinski definition) is 1. The first-order valence-corrected chi connectivity index (χ1v) is 7.54. The number of rotatable bonds is 4. The number of hydrogen-bond acceptors (Lipinski definition) is 1. The van der Waals surface area contributed by atoms with Crippen LogP contribution in [0.15, 0.2) is 36.4 Å². The van der Waals surface area contributed by atoms with E-state index in [1.807, 2.05) is 18.2 Å². The van der Waals surface area contributed by atoms with Crippen molar-refractivity contribution >= 4 is 23.2 Å². The molecule has 0 saturated heterocycles. The second-order valence-electron chi connectivity index (χ2n) is 4.96. The quantitative estimate of drug-likeness (QED) is 0.807. The minimum atomic E-state index is 0.0624. The van der Waals surface area contributed by atoms with Gasteiger partial charge < -0.3 is 5.32 Å². The molecule has 0 bridgehead atoms. The molecule has 0 spiro atoms. The Hall–Kier alpha value is -1.02. The lowest BCUT2D eigenvalue weighted by molar-refractivity contribution is 0.625. The molecule has 106 valence electrons. The summed E-state index contributed by atoms with van der Waals surface area (Å²) >= 11 is 12.5. The van der Waals surface area contributed by atoms with Crippen molar-refractivity contribution in [1.29, 1.82) is 0 Å². The van der Waals surface area contributed by atoms with Gasteiger partial charge in [0, 0.05) is 10.0 Å². The van der Waals surface area contributed by atoms with E-state index in [4.69, 9.17) is 23.2 Å². The number of benzene rings is 2. The summed E-state index contributed by atoms with van der Waals surface area (Å²) in [7, 11) is 0. The van der Waals surface area contributed by atoms with Gasteiger partial charge in [0.05, 0.1) is 6.04 Å². The largest absolute Gasteiger partial charge is 0.306 e. The van der Waals surface area contributed by atoms with Crippen molar-refractivity contribution in [3.05, 3.63) is 68.7 Å². The Bertz CT molecular complexity index is 588. The molecule has 0 aliphatic heterocycles. The summed E-state index contributed by atoms with van der Waals surface area (Å²) in [5, 5.41) is 4.97. The molecule has 1 atom stereocenters. The molecule has 0 fully saturated rings. The third-order valence-electron chi connectivity index (χ3n) is 3.51. The maximum absolute atomic E-state index is 6.38. The van der Waals surface area contributed by atoms with E-state index in [0.29, 0.717) is 5.02 Å². The molecule has 1 nitrogen and oxygen atoms in total.